The van der Waals surface area contributed by atoms with Crippen molar-refractivity contribution >= 4 is 17.3 Å². The minimum atomic E-state index is -0.340. The van der Waals surface area contributed by atoms with E-state index in [1.54, 1.807) is 26.0 Å². The third kappa shape index (κ3) is 3.16. The number of hydrazone groups is 1. The standard InChI is InChI=1S/C10H12N4O2/c1-7(8(2)14-16)12-13-10(15)9-3-5-11-6-4-9/h3-6,16H,1-2H3,(H,13,15)/b12-7+,14-8+. The largest absolute Gasteiger partial charge is 0.411 e. The van der Waals surface area contributed by atoms with Gasteiger partial charge < -0.3 is 5.21 Å². The van der Waals surface area contributed by atoms with E-state index in [1.165, 1.54) is 12.4 Å². The molecule has 1 amide bonds. The maximum Gasteiger partial charge on any atom is 0.271 e. The summed E-state index contributed by atoms with van der Waals surface area (Å²) in [6.45, 7) is 3.21. The van der Waals surface area contributed by atoms with E-state index < -0.39 is 0 Å². The average molecular weight is 220 g/mol. The Kier molecular flexibility index (Phi) is 4.14. The summed E-state index contributed by atoms with van der Waals surface area (Å²) in [6, 6.07) is 3.15. The first kappa shape index (κ1) is 11.8. The van der Waals surface area contributed by atoms with Crippen molar-refractivity contribution in [1.29, 1.82) is 0 Å². The molecule has 0 fully saturated rings. The van der Waals surface area contributed by atoms with Crippen molar-refractivity contribution in [2.75, 3.05) is 0 Å². The molecule has 0 saturated heterocycles. The lowest BCUT2D eigenvalue weighted by Gasteiger charge is -2.00. The van der Waals surface area contributed by atoms with E-state index in [0.29, 0.717) is 17.0 Å². The van der Waals surface area contributed by atoms with Gasteiger partial charge in [0.1, 0.15) is 0 Å². The predicted octanol–water partition coefficient (Wildman–Crippen LogP) is 1.04. The van der Waals surface area contributed by atoms with Crippen LogP contribution in [-0.2, 0) is 0 Å². The molecule has 0 aliphatic heterocycles. The molecular weight excluding hydrogens is 208 g/mol. The van der Waals surface area contributed by atoms with Gasteiger partial charge in [0.25, 0.3) is 5.91 Å². The highest BCUT2D eigenvalue weighted by molar-refractivity contribution is 6.40. The van der Waals surface area contributed by atoms with Gasteiger partial charge in [0, 0.05) is 18.0 Å². The summed E-state index contributed by atoms with van der Waals surface area (Å²) in [5.74, 6) is -0.340. The predicted molar refractivity (Wildman–Crippen MR) is 59.7 cm³/mol. The Labute approximate surface area is 92.7 Å². The Bertz CT molecular complexity index is 426. The molecule has 6 heteroatoms. The molecule has 0 aliphatic carbocycles. The first-order valence-electron chi connectivity index (χ1n) is 4.59. The Morgan fingerprint density at radius 3 is 2.50 bits per heavy atom. The second kappa shape index (κ2) is 5.59. The molecule has 16 heavy (non-hydrogen) atoms. The molecule has 84 valence electrons. The number of hydrogen-bond acceptors (Lipinski definition) is 5. The van der Waals surface area contributed by atoms with Crippen LogP contribution in [0.1, 0.15) is 24.2 Å². The zero-order valence-electron chi connectivity index (χ0n) is 9.01. The van der Waals surface area contributed by atoms with Crippen LogP contribution >= 0.6 is 0 Å². The second-order valence-electron chi connectivity index (χ2n) is 3.06. The van der Waals surface area contributed by atoms with Crippen molar-refractivity contribution in [3.05, 3.63) is 30.1 Å². The van der Waals surface area contributed by atoms with Gasteiger partial charge in [0.15, 0.2) is 0 Å². The number of nitrogens with zero attached hydrogens (tertiary/aromatic N) is 3. The van der Waals surface area contributed by atoms with E-state index in [1.807, 2.05) is 0 Å². The third-order valence-electron chi connectivity index (χ3n) is 1.94. The van der Waals surface area contributed by atoms with E-state index in [9.17, 15) is 4.79 Å². The molecule has 0 bridgehead atoms. The molecule has 1 aromatic heterocycles. The highest BCUT2D eigenvalue weighted by Gasteiger charge is 2.03. The van der Waals surface area contributed by atoms with Gasteiger partial charge in [0.2, 0.25) is 0 Å². The van der Waals surface area contributed by atoms with E-state index in [-0.39, 0.29) is 5.91 Å². The van der Waals surface area contributed by atoms with Crippen molar-refractivity contribution in [3.8, 4) is 0 Å². The maximum atomic E-state index is 11.5. The van der Waals surface area contributed by atoms with E-state index in [0.717, 1.165) is 0 Å². The number of carbonyl (C=O) groups is 1. The fourth-order valence-electron chi connectivity index (χ4n) is 0.856. The van der Waals surface area contributed by atoms with Gasteiger partial charge in [-0.15, -0.1) is 0 Å². The van der Waals surface area contributed by atoms with Crippen LogP contribution in [0.5, 0.6) is 0 Å². The van der Waals surface area contributed by atoms with Crippen molar-refractivity contribution in [1.82, 2.24) is 10.4 Å². The number of pyridine rings is 1. The number of carbonyl (C=O) groups excluding carboxylic acids is 1. The molecule has 6 nitrogen and oxygen atoms in total. The summed E-state index contributed by atoms with van der Waals surface area (Å²) >= 11 is 0. The topological polar surface area (TPSA) is 86.9 Å². The molecule has 0 saturated carbocycles. The highest BCUT2D eigenvalue weighted by atomic mass is 16.4. The molecule has 2 N–H and O–H groups in total. The number of rotatable bonds is 3. The van der Waals surface area contributed by atoms with E-state index >= 15 is 0 Å². The van der Waals surface area contributed by atoms with Gasteiger partial charge >= 0.3 is 0 Å². The molecule has 0 unspecified atom stereocenters. The van der Waals surface area contributed by atoms with Crippen LogP contribution < -0.4 is 5.43 Å². The zero-order valence-corrected chi connectivity index (χ0v) is 9.01. The Morgan fingerprint density at radius 2 is 1.94 bits per heavy atom. The summed E-state index contributed by atoms with van der Waals surface area (Å²) in [7, 11) is 0. The average Bonchev–Trinajstić information content (AvgIpc) is 2.35. The van der Waals surface area contributed by atoms with Crippen LogP contribution in [-0.4, -0.2) is 27.5 Å². The lowest BCUT2D eigenvalue weighted by Crippen LogP contribution is -2.21. The lowest BCUT2D eigenvalue weighted by molar-refractivity contribution is 0.0955. The molecular formula is C10H12N4O2. The number of aromatic nitrogens is 1. The van der Waals surface area contributed by atoms with Crippen LogP contribution in [0.15, 0.2) is 34.8 Å². The molecule has 0 atom stereocenters. The first-order chi connectivity index (χ1) is 7.65. The molecule has 0 radical (unpaired) electrons. The number of nitrogens with one attached hydrogen (secondary N) is 1. The first-order valence-corrected chi connectivity index (χ1v) is 4.59. The SMILES string of the molecule is CC(=N\O)/C(C)=N/NC(=O)c1ccncc1. The van der Waals surface area contributed by atoms with Gasteiger partial charge in [-0.05, 0) is 26.0 Å². The normalized spacial score (nSPS) is 12.4. The van der Waals surface area contributed by atoms with E-state index in [4.69, 9.17) is 5.21 Å². The summed E-state index contributed by atoms with van der Waals surface area (Å²) in [5, 5.41) is 15.2. The molecule has 1 rings (SSSR count). The Morgan fingerprint density at radius 1 is 1.31 bits per heavy atom. The van der Waals surface area contributed by atoms with Gasteiger partial charge in [-0.25, -0.2) is 5.43 Å². The summed E-state index contributed by atoms with van der Waals surface area (Å²) in [4.78, 5) is 15.3. The van der Waals surface area contributed by atoms with Crippen LogP contribution in [0.2, 0.25) is 0 Å². The number of oxime groups is 1. The fraction of sp³-hybridized carbons (Fsp3) is 0.200. The number of hydrogen-bond donors (Lipinski definition) is 2. The van der Waals surface area contributed by atoms with Crippen LogP contribution in [0.4, 0.5) is 0 Å². The van der Waals surface area contributed by atoms with Crippen molar-refractivity contribution < 1.29 is 10.0 Å². The smallest absolute Gasteiger partial charge is 0.271 e. The monoisotopic (exact) mass is 220 g/mol. The molecule has 0 aromatic carbocycles. The second-order valence-corrected chi connectivity index (χ2v) is 3.06. The fourth-order valence-corrected chi connectivity index (χ4v) is 0.856. The molecule has 0 spiro atoms. The van der Waals surface area contributed by atoms with Crippen LogP contribution in [0, 0.1) is 0 Å². The molecule has 1 heterocycles. The minimum absolute atomic E-state index is 0.340. The van der Waals surface area contributed by atoms with Gasteiger partial charge in [-0.3, -0.25) is 9.78 Å². The van der Waals surface area contributed by atoms with E-state index in [2.05, 4.69) is 20.7 Å². The summed E-state index contributed by atoms with van der Waals surface area (Å²) in [5.41, 5.74) is 3.58. The summed E-state index contributed by atoms with van der Waals surface area (Å²) < 4.78 is 0. The molecule has 1 aromatic rings. The highest BCUT2D eigenvalue weighted by Crippen LogP contribution is 1.95. The van der Waals surface area contributed by atoms with Gasteiger partial charge in [-0.1, -0.05) is 5.16 Å². The minimum Gasteiger partial charge on any atom is -0.411 e. The van der Waals surface area contributed by atoms with Gasteiger partial charge in [0.05, 0.1) is 11.4 Å². The zero-order chi connectivity index (χ0) is 12.0. The number of amides is 1. The summed E-state index contributed by atoms with van der Waals surface area (Å²) in [6.07, 6.45) is 3.04. The lowest BCUT2D eigenvalue weighted by atomic mass is 10.2. The van der Waals surface area contributed by atoms with Crippen molar-refractivity contribution in [3.63, 3.8) is 0 Å². The van der Waals surface area contributed by atoms with Crippen molar-refractivity contribution in [2.45, 2.75) is 13.8 Å². The van der Waals surface area contributed by atoms with Crippen LogP contribution in [0.25, 0.3) is 0 Å². The molecule has 0 aliphatic rings. The van der Waals surface area contributed by atoms with Gasteiger partial charge in [-0.2, -0.15) is 5.10 Å². The third-order valence-corrected chi connectivity index (χ3v) is 1.94. The maximum absolute atomic E-state index is 11.5. The van der Waals surface area contributed by atoms with Crippen LogP contribution in [0.3, 0.4) is 0 Å². The Hall–Kier alpha value is -2.24. The Balaban J connectivity index is 2.67. The van der Waals surface area contributed by atoms with Crippen molar-refractivity contribution in [2.24, 2.45) is 10.3 Å². The quantitative estimate of drug-likeness (QED) is 0.453.